The van der Waals surface area contributed by atoms with Gasteiger partial charge in [-0.3, -0.25) is 0 Å². The van der Waals surface area contributed by atoms with Crippen molar-refractivity contribution in [1.82, 2.24) is 15.1 Å². The van der Waals surface area contributed by atoms with Gasteiger partial charge in [0, 0.05) is 28.4 Å². The lowest BCUT2D eigenvalue weighted by atomic mass is 10.0. The molecule has 1 heterocycles. The quantitative estimate of drug-likeness (QED) is 0.770. The Morgan fingerprint density at radius 3 is 2.17 bits per heavy atom. The number of aromatic nitrogens is 2. The maximum Gasteiger partial charge on any atom is 0.156 e. The minimum Gasteiger partial charge on any atom is -0.366 e. The van der Waals surface area contributed by atoms with Crippen LogP contribution in [0.3, 0.4) is 0 Å². The van der Waals surface area contributed by atoms with Gasteiger partial charge in [0.05, 0.1) is 0 Å². The van der Waals surface area contributed by atoms with Gasteiger partial charge in [0.15, 0.2) is 5.82 Å². The van der Waals surface area contributed by atoms with Gasteiger partial charge in [-0.1, -0.05) is 54.6 Å². The number of nitrogens with zero attached hydrogens (tertiary/aromatic N) is 3. The highest BCUT2D eigenvalue weighted by Crippen LogP contribution is 2.29. The molecule has 24 heavy (non-hydrogen) atoms. The molecule has 2 aromatic carbocycles. The minimum absolute atomic E-state index is 0.0287. The van der Waals surface area contributed by atoms with Crippen LogP contribution in [0.5, 0.6) is 0 Å². The van der Waals surface area contributed by atoms with E-state index in [1.54, 1.807) is 0 Å². The molecule has 1 aromatic heterocycles. The molecular formula is C20H24N4. The molecule has 0 fully saturated rings. The van der Waals surface area contributed by atoms with Crippen LogP contribution in [0.15, 0.2) is 54.6 Å². The van der Waals surface area contributed by atoms with E-state index < -0.39 is 0 Å². The fourth-order valence-corrected chi connectivity index (χ4v) is 2.50. The van der Waals surface area contributed by atoms with Crippen LogP contribution in [0.25, 0.3) is 22.0 Å². The van der Waals surface area contributed by atoms with Crippen molar-refractivity contribution in [3.63, 3.8) is 0 Å². The standard InChI is InChI=1S/C20H24N4/c1-20(2,24(3)4)14-21-19-17-13-9-8-12-16(17)18(22-23-19)15-10-6-5-7-11-15/h5-13H,14H2,1-4H3,(H,21,23). The summed E-state index contributed by atoms with van der Waals surface area (Å²) in [4.78, 5) is 2.20. The van der Waals surface area contributed by atoms with Gasteiger partial charge in [0.25, 0.3) is 0 Å². The summed E-state index contributed by atoms with van der Waals surface area (Å²) in [5.41, 5.74) is 2.03. The van der Waals surface area contributed by atoms with Crippen molar-refractivity contribution >= 4 is 16.6 Å². The van der Waals surface area contributed by atoms with E-state index in [0.717, 1.165) is 34.4 Å². The normalized spacial score (nSPS) is 11.9. The second-order valence-corrected chi connectivity index (χ2v) is 6.87. The SMILES string of the molecule is CN(C)C(C)(C)CNc1nnc(-c2ccccc2)c2ccccc12. The molecule has 0 aliphatic heterocycles. The molecule has 1 N–H and O–H groups in total. The summed E-state index contributed by atoms with van der Waals surface area (Å²) in [5.74, 6) is 0.834. The monoisotopic (exact) mass is 320 g/mol. The number of nitrogens with one attached hydrogen (secondary N) is 1. The Labute approximate surface area is 143 Å². The van der Waals surface area contributed by atoms with Crippen molar-refractivity contribution < 1.29 is 0 Å². The van der Waals surface area contributed by atoms with E-state index >= 15 is 0 Å². The average molecular weight is 320 g/mol. The van der Waals surface area contributed by atoms with Crippen molar-refractivity contribution in [3.05, 3.63) is 54.6 Å². The highest BCUT2D eigenvalue weighted by molar-refractivity contribution is 5.99. The zero-order chi connectivity index (χ0) is 17.2. The van der Waals surface area contributed by atoms with E-state index in [4.69, 9.17) is 0 Å². The molecule has 0 bridgehead atoms. The predicted octanol–water partition coefficient (Wildman–Crippen LogP) is 4.05. The summed E-state index contributed by atoms with van der Waals surface area (Å²) >= 11 is 0. The molecule has 0 atom stereocenters. The molecule has 0 saturated heterocycles. The number of rotatable bonds is 5. The summed E-state index contributed by atoms with van der Waals surface area (Å²) in [6.45, 7) is 5.20. The fourth-order valence-electron chi connectivity index (χ4n) is 2.50. The van der Waals surface area contributed by atoms with E-state index in [0.29, 0.717) is 0 Å². The van der Waals surface area contributed by atoms with Crippen LogP contribution in [-0.4, -0.2) is 41.3 Å². The van der Waals surface area contributed by atoms with Gasteiger partial charge < -0.3 is 10.2 Å². The van der Waals surface area contributed by atoms with Gasteiger partial charge in [-0.15, -0.1) is 10.2 Å². The van der Waals surface area contributed by atoms with Crippen LogP contribution in [0, 0.1) is 0 Å². The largest absolute Gasteiger partial charge is 0.366 e. The topological polar surface area (TPSA) is 41.0 Å². The molecule has 0 radical (unpaired) electrons. The van der Waals surface area contributed by atoms with Gasteiger partial charge >= 0.3 is 0 Å². The molecule has 4 nitrogen and oxygen atoms in total. The van der Waals surface area contributed by atoms with Crippen LogP contribution >= 0.6 is 0 Å². The lowest BCUT2D eigenvalue weighted by molar-refractivity contribution is 0.210. The first-order valence-corrected chi connectivity index (χ1v) is 8.21. The summed E-state index contributed by atoms with van der Waals surface area (Å²) in [7, 11) is 4.17. The Kier molecular flexibility index (Phi) is 4.49. The highest BCUT2D eigenvalue weighted by atomic mass is 15.2. The van der Waals surface area contributed by atoms with Gasteiger partial charge in [0.1, 0.15) is 5.69 Å². The maximum absolute atomic E-state index is 4.50. The van der Waals surface area contributed by atoms with Crippen molar-refractivity contribution in [2.24, 2.45) is 0 Å². The third kappa shape index (κ3) is 3.24. The molecule has 0 aliphatic carbocycles. The summed E-state index contributed by atoms with van der Waals surface area (Å²) in [6, 6.07) is 18.5. The molecule has 0 aliphatic rings. The average Bonchev–Trinajstić information content (AvgIpc) is 2.60. The van der Waals surface area contributed by atoms with Gasteiger partial charge in [-0.25, -0.2) is 0 Å². The molecule has 0 unspecified atom stereocenters. The van der Waals surface area contributed by atoms with Crippen LogP contribution in [0.1, 0.15) is 13.8 Å². The van der Waals surface area contributed by atoms with E-state index in [9.17, 15) is 0 Å². The van der Waals surface area contributed by atoms with E-state index in [1.807, 2.05) is 30.3 Å². The second-order valence-electron chi connectivity index (χ2n) is 6.87. The molecular weight excluding hydrogens is 296 g/mol. The zero-order valence-corrected chi connectivity index (χ0v) is 14.7. The second kappa shape index (κ2) is 6.57. The minimum atomic E-state index is 0.0287. The Morgan fingerprint density at radius 2 is 1.50 bits per heavy atom. The fraction of sp³-hybridized carbons (Fsp3) is 0.300. The van der Waals surface area contributed by atoms with Gasteiger partial charge in [-0.05, 0) is 27.9 Å². The van der Waals surface area contributed by atoms with E-state index in [2.05, 4.69) is 72.6 Å². The third-order valence-electron chi connectivity index (χ3n) is 4.63. The van der Waals surface area contributed by atoms with E-state index in [-0.39, 0.29) is 5.54 Å². The lowest BCUT2D eigenvalue weighted by Gasteiger charge is -2.32. The first-order chi connectivity index (χ1) is 11.5. The van der Waals surface area contributed by atoms with Crippen molar-refractivity contribution in [2.75, 3.05) is 26.0 Å². The Morgan fingerprint density at radius 1 is 0.875 bits per heavy atom. The van der Waals surface area contributed by atoms with Gasteiger partial charge in [-0.2, -0.15) is 0 Å². The predicted molar refractivity (Wildman–Crippen MR) is 101 cm³/mol. The number of anilines is 1. The highest BCUT2D eigenvalue weighted by Gasteiger charge is 2.21. The first-order valence-electron chi connectivity index (χ1n) is 8.21. The molecule has 3 rings (SSSR count). The van der Waals surface area contributed by atoms with E-state index in [1.165, 1.54) is 0 Å². The third-order valence-corrected chi connectivity index (χ3v) is 4.63. The maximum atomic E-state index is 4.50. The number of hydrogen-bond donors (Lipinski definition) is 1. The molecule has 0 spiro atoms. The smallest absolute Gasteiger partial charge is 0.156 e. The zero-order valence-electron chi connectivity index (χ0n) is 14.7. The number of hydrogen-bond acceptors (Lipinski definition) is 4. The summed E-state index contributed by atoms with van der Waals surface area (Å²) < 4.78 is 0. The Balaban J connectivity index is 2.00. The molecule has 0 saturated carbocycles. The lowest BCUT2D eigenvalue weighted by Crippen LogP contribution is -2.44. The molecule has 124 valence electrons. The van der Waals surface area contributed by atoms with Gasteiger partial charge in [0.2, 0.25) is 0 Å². The number of fused-ring (bicyclic) bond motifs is 1. The van der Waals surface area contributed by atoms with Crippen molar-refractivity contribution in [2.45, 2.75) is 19.4 Å². The van der Waals surface area contributed by atoms with Crippen LogP contribution < -0.4 is 5.32 Å². The molecule has 0 amide bonds. The number of likely N-dealkylation sites (N-methyl/N-ethyl adjacent to an activating group) is 1. The number of benzene rings is 2. The summed E-state index contributed by atoms with van der Waals surface area (Å²) in [5, 5.41) is 14.6. The van der Waals surface area contributed by atoms with Crippen molar-refractivity contribution in [1.29, 1.82) is 0 Å². The van der Waals surface area contributed by atoms with Crippen molar-refractivity contribution in [3.8, 4) is 11.3 Å². The first kappa shape index (κ1) is 16.4. The summed E-state index contributed by atoms with van der Waals surface area (Å²) in [6.07, 6.45) is 0. The Bertz CT molecular complexity index is 825. The van der Waals surface area contributed by atoms with Crippen LogP contribution in [0.2, 0.25) is 0 Å². The molecule has 3 aromatic rings. The van der Waals surface area contributed by atoms with Crippen LogP contribution in [-0.2, 0) is 0 Å². The van der Waals surface area contributed by atoms with Crippen LogP contribution in [0.4, 0.5) is 5.82 Å². The Hall–Kier alpha value is -2.46. The molecule has 4 heteroatoms.